The Hall–Kier alpha value is -0.160. The normalized spacial score (nSPS) is 20.9. The molecule has 1 heterocycles. The van der Waals surface area contributed by atoms with E-state index in [1.54, 1.807) is 0 Å². The van der Waals surface area contributed by atoms with E-state index in [9.17, 15) is 5.21 Å². The number of aliphatic hydroxyl groups is 1. The van der Waals surface area contributed by atoms with Crippen LogP contribution in [0, 0.1) is 0 Å². The highest BCUT2D eigenvalue weighted by Gasteiger charge is 2.46. The van der Waals surface area contributed by atoms with Crippen LogP contribution in [0.1, 0.15) is 105 Å². The number of nitrogens with zero attached hydrogens (tertiary/aromatic N) is 1. The zero-order chi connectivity index (χ0) is 18.8. The molecule has 1 saturated heterocycles. The molecule has 0 spiro atoms. The highest BCUT2D eigenvalue weighted by molar-refractivity contribution is 4.96. The van der Waals surface area contributed by atoms with Crippen LogP contribution in [-0.4, -0.2) is 40.6 Å². The number of piperidine rings is 1. The average Bonchev–Trinajstić information content (AvgIpc) is 2.53. The molecule has 1 fully saturated rings. The second-order valence-electron chi connectivity index (χ2n) is 9.08. The van der Waals surface area contributed by atoms with Gasteiger partial charge in [0.05, 0.1) is 6.10 Å². The summed E-state index contributed by atoms with van der Waals surface area (Å²) in [7, 11) is 0. The van der Waals surface area contributed by atoms with Crippen molar-refractivity contribution in [2.24, 2.45) is 0 Å². The lowest BCUT2D eigenvalue weighted by Crippen LogP contribution is -2.59. The fourth-order valence-electron chi connectivity index (χ4n) is 4.17. The first-order valence-corrected chi connectivity index (χ1v) is 10.5. The molecule has 0 aliphatic carbocycles. The Kier molecular flexibility index (Phi) is 10.6. The maximum Gasteiger partial charge on any atom is 0.0611 e. The Labute approximate surface area is 155 Å². The molecule has 0 aromatic heterocycles. The molecule has 25 heavy (non-hydrogen) atoms. The number of aliphatic hydroxyl groups excluding tert-OH is 1. The number of hydrogen-bond donors (Lipinski definition) is 1. The monoisotopic (exact) mass is 356 g/mol. The van der Waals surface area contributed by atoms with E-state index in [1.165, 1.54) is 56.4 Å². The average molecular weight is 357 g/mol. The Bertz CT molecular complexity index is 326. The van der Waals surface area contributed by atoms with Crippen LogP contribution in [0.25, 0.3) is 0 Å². The smallest absolute Gasteiger partial charge is 0.0611 e. The summed E-state index contributed by atoms with van der Waals surface area (Å²) in [4.78, 5) is 0. The third-order valence-corrected chi connectivity index (χ3v) is 5.46. The number of rotatable bonds is 13. The van der Waals surface area contributed by atoms with Gasteiger partial charge in [0.15, 0.2) is 0 Å². The molecule has 1 N–H and O–H groups in total. The van der Waals surface area contributed by atoms with Crippen molar-refractivity contribution in [1.29, 1.82) is 0 Å². The van der Waals surface area contributed by atoms with E-state index in [0.717, 1.165) is 32.3 Å². The van der Waals surface area contributed by atoms with Gasteiger partial charge >= 0.3 is 0 Å². The van der Waals surface area contributed by atoms with Gasteiger partial charge in [0.25, 0.3) is 0 Å². The maximum absolute atomic E-state index is 12.3. The van der Waals surface area contributed by atoms with Crippen LogP contribution in [0.3, 0.4) is 0 Å². The number of unbranched alkanes of at least 4 members (excludes halogenated alkanes) is 9. The van der Waals surface area contributed by atoms with E-state index in [2.05, 4.69) is 0 Å². The summed E-state index contributed by atoms with van der Waals surface area (Å²) in [6.45, 7) is 9.29. The van der Waals surface area contributed by atoms with Crippen LogP contribution in [0.5, 0.6) is 0 Å². The van der Waals surface area contributed by atoms with Crippen molar-refractivity contribution in [3.05, 3.63) is 0 Å². The highest BCUT2D eigenvalue weighted by atomic mass is 16.5. The quantitative estimate of drug-likeness (QED) is 0.458. The number of ether oxygens (including phenoxy) is 1. The summed E-state index contributed by atoms with van der Waals surface area (Å²) in [6.07, 6.45) is 14.3. The molecule has 0 aromatic carbocycles. The Balaban J connectivity index is 2.00. The van der Waals surface area contributed by atoms with E-state index in [1.807, 2.05) is 27.7 Å². The third-order valence-electron chi connectivity index (χ3n) is 5.46. The molecule has 1 aliphatic heterocycles. The van der Waals surface area contributed by atoms with Gasteiger partial charge in [-0.25, -0.2) is 0 Å². The van der Waals surface area contributed by atoms with Crippen LogP contribution in [0.2, 0.25) is 0 Å². The first kappa shape index (κ1) is 22.9. The number of hydroxylamine groups is 2. The van der Waals surface area contributed by atoms with Crippen LogP contribution >= 0.6 is 0 Å². The second-order valence-corrected chi connectivity index (χ2v) is 9.08. The summed E-state index contributed by atoms with van der Waals surface area (Å²) < 4.78 is 6.10. The second kappa shape index (κ2) is 11.5. The van der Waals surface area contributed by atoms with Crippen molar-refractivity contribution >= 4 is 0 Å². The van der Waals surface area contributed by atoms with E-state index < -0.39 is 0 Å². The minimum Gasteiger partial charge on any atom is -0.396 e. The van der Waals surface area contributed by atoms with Crippen molar-refractivity contribution in [2.45, 2.75) is 122 Å². The molecule has 4 heteroatoms. The molecule has 0 bridgehead atoms. The van der Waals surface area contributed by atoms with Crippen molar-refractivity contribution < 1.29 is 15.1 Å². The largest absolute Gasteiger partial charge is 0.396 e. The standard InChI is InChI=1S/C21H42NO3/c1-20(2)17-19(18-21(3,4)22(20)24)25-16-14-12-10-8-6-5-7-9-11-13-15-23/h19,23H,5-18H2,1-4H3. The molecule has 0 aromatic rings. The van der Waals surface area contributed by atoms with Crippen molar-refractivity contribution in [1.82, 2.24) is 5.06 Å². The predicted octanol–water partition coefficient (Wildman–Crippen LogP) is 5.26. The molecule has 0 unspecified atom stereocenters. The minimum absolute atomic E-state index is 0.217. The zero-order valence-corrected chi connectivity index (χ0v) is 17.2. The summed E-state index contributed by atoms with van der Waals surface area (Å²) in [5.41, 5.74) is -0.660. The predicted molar refractivity (Wildman–Crippen MR) is 103 cm³/mol. The lowest BCUT2D eigenvalue weighted by atomic mass is 9.80. The molecular formula is C21H42NO3. The van der Waals surface area contributed by atoms with Gasteiger partial charge < -0.3 is 9.84 Å². The summed E-state index contributed by atoms with van der Waals surface area (Å²) in [6, 6.07) is 0. The summed E-state index contributed by atoms with van der Waals surface area (Å²) in [5.74, 6) is 0. The number of hydrogen-bond acceptors (Lipinski definition) is 3. The van der Waals surface area contributed by atoms with Crippen molar-refractivity contribution in [3.63, 3.8) is 0 Å². The lowest BCUT2D eigenvalue weighted by Gasteiger charge is -2.49. The molecule has 149 valence electrons. The summed E-state index contributed by atoms with van der Waals surface area (Å²) in [5, 5.41) is 22.3. The van der Waals surface area contributed by atoms with Crippen LogP contribution in [-0.2, 0) is 9.94 Å². The SMILES string of the molecule is CC1(C)CC(OCCCCCCCCCCCCO)CC(C)(C)N1[O]. The van der Waals surface area contributed by atoms with Gasteiger partial charge in [0.1, 0.15) is 0 Å². The zero-order valence-electron chi connectivity index (χ0n) is 17.2. The summed E-state index contributed by atoms with van der Waals surface area (Å²) >= 11 is 0. The Morgan fingerprint density at radius 3 is 1.64 bits per heavy atom. The topological polar surface area (TPSA) is 52.6 Å². The van der Waals surface area contributed by atoms with E-state index in [0.29, 0.717) is 6.61 Å². The molecule has 0 saturated carbocycles. The fourth-order valence-corrected chi connectivity index (χ4v) is 4.17. The van der Waals surface area contributed by atoms with Crippen LogP contribution in [0.15, 0.2) is 0 Å². The van der Waals surface area contributed by atoms with Gasteiger partial charge in [-0.3, -0.25) is 0 Å². The molecule has 1 radical (unpaired) electrons. The maximum atomic E-state index is 12.3. The first-order valence-electron chi connectivity index (χ1n) is 10.5. The van der Waals surface area contributed by atoms with Crippen molar-refractivity contribution in [3.8, 4) is 0 Å². The van der Waals surface area contributed by atoms with Gasteiger partial charge in [-0.05, 0) is 53.4 Å². The Morgan fingerprint density at radius 1 is 0.800 bits per heavy atom. The first-order chi connectivity index (χ1) is 11.8. The van der Waals surface area contributed by atoms with Gasteiger partial charge in [-0.15, -0.1) is 10.3 Å². The van der Waals surface area contributed by atoms with Gasteiger partial charge in [0, 0.05) is 24.3 Å². The van der Waals surface area contributed by atoms with Crippen LogP contribution in [0.4, 0.5) is 0 Å². The van der Waals surface area contributed by atoms with Gasteiger partial charge in [-0.1, -0.05) is 51.4 Å². The lowest BCUT2D eigenvalue weighted by molar-refractivity contribution is -0.301. The van der Waals surface area contributed by atoms with E-state index >= 15 is 0 Å². The molecule has 1 rings (SSSR count). The molecule has 0 amide bonds. The minimum atomic E-state index is -0.330. The molecule has 1 aliphatic rings. The fraction of sp³-hybridized carbons (Fsp3) is 1.00. The van der Waals surface area contributed by atoms with Crippen LogP contribution < -0.4 is 0 Å². The third kappa shape index (κ3) is 8.85. The molecule has 4 nitrogen and oxygen atoms in total. The van der Waals surface area contributed by atoms with Gasteiger partial charge in [-0.2, -0.15) is 0 Å². The highest BCUT2D eigenvalue weighted by Crippen LogP contribution is 2.38. The Morgan fingerprint density at radius 2 is 1.20 bits per heavy atom. The van der Waals surface area contributed by atoms with Gasteiger partial charge in [0.2, 0.25) is 0 Å². The van der Waals surface area contributed by atoms with E-state index in [4.69, 9.17) is 9.84 Å². The molecular weight excluding hydrogens is 314 g/mol. The van der Waals surface area contributed by atoms with E-state index in [-0.39, 0.29) is 17.2 Å². The van der Waals surface area contributed by atoms with Crippen molar-refractivity contribution in [2.75, 3.05) is 13.2 Å². The molecule has 0 atom stereocenters.